The molecular formula is C19H24N4O3. The number of fused-ring (bicyclic) bond motifs is 1. The molecular weight excluding hydrogens is 332 g/mol. The molecule has 0 aliphatic heterocycles. The predicted molar refractivity (Wildman–Crippen MR) is 98.9 cm³/mol. The van der Waals surface area contributed by atoms with Crippen LogP contribution in [0.15, 0.2) is 33.6 Å². The maximum atomic E-state index is 12.7. The van der Waals surface area contributed by atoms with Crippen LogP contribution in [0.25, 0.3) is 10.9 Å². The summed E-state index contributed by atoms with van der Waals surface area (Å²) in [5.74, 6) is 1.07. The minimum absolute atomic E-state index is 0.116. The van der Waals surface area contributed by atoms with Gasteiger partial charge in [-0.15, -0.1) is 0 Å². The third-order valence-corrected chi connectivity index (χ3v) is 4.43. The van der Waals surface area contributed by atoms with Crippen LogP contribution in [0.5, 0.6) is 0 Å². The molecule has 1 atom stereocenters. The van der Waals surface area contributed by atoms with Crippen LogP contribution in [-0.4, -0.2) is 28.3 Å². The van der Waals surface area contributed by atoms with Gasteiger partial charge in [0.25, 0.3) is 0 Å². The van der Waals surface area contributed by atoms with E-state index in [0.717, 1.165) is 28.6 Å². The van der Waals surface area contributed by atoms with E-state index in [9.17, 15) is 4.79 Å². The average molecular weight is 356 g/mol. The molecule has 3 rings (SSSR count). The molecule has 0 unspecified atom stereocenters. The van der Waals surface area contributed by atoms with Crippen molar-refractivity contribution in [3.63, 3.8) is 0 Å². The molecule has 0 aliphatic rings. The number of rotatable bonds is 8. The molecule has 7 heteroatoms. The first-order valence-corrected chi connectivity index (χ1v) is 8.72. The predicted octanol–water partition coefficient (Wildman–Crippen LogP) is 2.48. The van der Waals surface area contributed by atoms with Crippen LogP contribution in [0, 0.1) is 6.92 Å². The van der Waals surface area contributed by atoms with Gasteiger partial charge in [0.15, 0.2) is 11.3 Å². The molecule has 0 amide bonds. The topological polar surface area (TPSA) is 93.0 Å². The molecule has 0 saturated carbocycles. The van der Waals surface area contributed by atoms with E-state index in [2.05, 4.69) is 27.4 Å². The van der Waals surface area contributed by atoms with Crippen molar-refractivity contribution in [2.45, 2.75) is 45.9 Å². The van der Waals surface area contributed by atoms with Crippen molar-refractivity contribution in [2.75, 3.05) is 7.11 Å². The number of para-hydroxylation sites is 1. The van der Waals surface area contributed by atoms with Crippen LogP contribution >= 0.6 is 0 Å². The Balaban J connectivity index is 1.59. The summed E-state index contributed by atoms with van der Waals surface area (Å²) in [5.41, 5.74) is 2.78. The normalized spacial score (nSPS) is 12.6. The fourth-order valence-electron chi connectivity index (χ4n) is 2.98. The minimum atomic E-state index is 0.116. The molecule has 7 nitrogen and oxygen atoms in total. The number of aromatic amines is 1. The molecule has 26 heavy (non-hydrogen) atoms. The Labute approximate surface area is 151 Å². The van der Waals surface area contributed by atoms with Gasteiger partial charge in [0.2, 0.25) is 5.89 Å². The molecule has 0 saturated heterocycles. The van der Waals surface area contributed by atoms with Crippen LogP contribution in [0.4, 0.5) is 0 Å². The van der Waals surface area contributed by atoms with Gasteiger partial charge in [-0.2, -0.15) is 4.98 Å². The van der Waals surface area contributed by atoms with Gasteiger partial charge in [-0.3, -0.25) is 4.79 Å². The average Bonchev–Trinajstić information content (AvgIpc) is 3.08. The van der Waals surface area contributed by atoms with E-state index in [1.165, 1.54) is 0 Å². The second-order valence-electron chi connectivity index (χ2n) is 6.46. The van der Waals surface area contributed by atoms with Crippen LogP contribution in [0.2, 0.25) is 0 Å². The van der Waals surface area contributed by atoms with Gasteiger partial charge in [-0.1, -0.05) is 17.3 Å². The van der Waals surface area contributed by atoms with Crippen LogP contribution in [0.1, 0.15) is 36.3 Å². The smallest absolute Gasteiger partial charge is 0.240 e. The maximum absolute atomic E-state index is 12.7. The molecule has 0 spiro atoms. The van der Waals surface area contributed by atoms with E-state index in [-0.39, 0.29) is 11.5 Å². The fourth-order valence-corrected chi connectivity index (χ4v) is 2.98. The Morgan fingerprint density at radius 3 is 2.96 bits per heavy atom. The van der Waals surface area contributed by atoms with Crippen molar-refractivity contribution in [1.82, 2.24) is 20.4 Å². The molecule has 2 N–H and O–H groups in total. The first-order valence-electron chi connectivity index (χ1n) is 8.72. The monoisotopic (exact) mass is 356 g/mol. The highest BCUT2D eigenvalue weighted by molar-refractivity contribution is 5.79. The van der Waals surface area contributed by atoms with Gasteiger partial charge in [0.05, 0.1) is 6.54 Å². The minimum Gasteiger partial charge on any atom is -0.377 e. The molecule has 3 aromatic rings. The zero-order valence-corrected chi connectivity index (χ0v) is 15.3. The summed E-state index contributed by atoms with van der Waals surface area (Å²) in [4.78, 5) is 20.3. The summed E-state index contributed by atoms with van der Waals surface area (Å²) >= 11 is 0. The molecule has 0 bridgehead atoms. The highest BCUT2D eigenvalue weighted by atomic mass is 16.5. The van der Waals surface area contributed by atoms with Gasteiger partial charge >= 0.3 is 0 Å². The summed E-state index contributed by atoms with van der Waals surface area (Å²) in [6.45, 7) is 4.86. The lowest BCUT2D eigenvalue weighted by Crippen LogP contribution is -2.27. The number of H-pyrrole nitrogens is 1. The summed E-state index contributed by atoms with van der Waals surface area (Å²) in [5, 5.41) is 7.93. The van der Waals surface area contributed by atoms with Crippen molar-refractivity contribution >= 4 is 10.9 Å². The van der Waals surface area contributed by atoms with Crippen LogP contribution in [-0.2, 0) is 24.3 Å². The number of methoxy groups -OCH3 is 1. The Hall–Kier alpha value is -2.51. The molecule has 2 aromatic heterocycles. The summed E-state index contributed by atoms with van der Waals surface area (Å²) < 4.78 is 10.1. The van der Waals surface area contributed by atoms with Gasteiger partial charge in [-0.25, -0.2) is 0 Å². The Morgan fingerprint density at radius 1 is 1.35 bits per heavy atom. The van der Waals surface area contributed by atoms with E-state index < -0.39 is 0 Å². The lowest BCUT2D eigenvalue weighted by Gasteiger charge is -2.13. The first kappa shape index (κ1) is 18.3. The molecule has 0 radical (unpaired) electrons. The lowest BCUT2D eigenvalue weighted by molar-refractivity contribution is 0.174. The summed E-state index contributed by atoms with van der Waals surface area (Å²) in [6.07, 6.45) is 1.54. The van der Waals surface area contributed by atoms with Crippen LogP contribution in [0.3, 0.4) is 0 Å². The highest BCUT2D eigenvalue weighted by Gasteiger charge is 2.12. The Bertz CT molecular complexity index is 932. The second-order valence-corrected chi connectivity index (χ2v) is 6.46. The van der Waals surface area contributed by atoms with Gasteiger partial charge in [-0.05, 0) is 38.8 Å². The Morgan fingerprint density at radius 2 is 2.15 bits per heavy atom. The van der Waals surface area contributed by atoms with Crippen molar-refractivity contribution in [1.29, 1.82) is 0 Å². The number of hydrogen-bond donors (Lipinski definition) is 2. The van der Waals surface area contributed by atoms with Crippen molar-refractivity contribution < 1.29 is 9.26 Å². The Kier molecular flexibility index (Phi) is 5.80. The lowest BCUT2D eigenvalue weighted by atomic mass is 10.0. The number of benzene rings is 1. The third-order valence-electron chi connectivity index (χ3n) is 4.43. The van der Waals surface area contributed by atoms with E-state index in [1.807, 2.05) is 31.2 Å². The maximum Gasteiger partial charge on any atom is 0.240 e. The fraction of sp³-hybridized carbons (Fsp3) is 0.421. The van der Waals surface area contributed by atoms with E-state index in [0.29, 0.717) is 31.3 Å². The van der Waals surface area contributed by atoms with E-state index in [1.54, 1.807) is 7.11 Å². The van der Waals surface area contributed by atoms with E-state index >= 15 is 0 Å². The third kappa shape index (κ3) is 4.17. The zero-order valence-electron chi connectivity index (χ0n) is 15.3. The number of ether oxygens (including phenoxy) is 1. The molecule has 0 aliphatic carbocycles. The molecule has 0 fully saturated rings. The summed E-state index contributed by atoms with van der Waals surface area (Å²) in [6, 6.07) is 7.83. The van der Waals surface area contributed by atoms with Crippen molar-refractivity contribution in [3.05, 3.63) is 57.5 Å². The van der Waals surface area contributed by atoms with Crippen LogP contribution < -0.4 is 10.7 Å². The standard InChI is InChI=1S/C19H24N4O3/c1-12(20-10-18-22-17(11-25-3)23-26-18)8-9-14-13(2)21-16-7-5-4-6-15(16)19(14)24/h4-7,12,20H,8-11H2,1-3H3,(H,21,24)/t12-/m0/s1. The number of hydrogen-bond acceptors (Lipinski definition) is 6. The molecule has 138 valence electrons. The highest BCUT2D eigenvalue weighted by Crippen LogP contribution is 2.13. The largest absolute Gasteiger partial charge is 0.377 e. The molecule has 2 heterocycles. The SMILES string of the molecule is COCc1noc(CN[C@@H](C)CCc2c(C)[nH]c3ccccc3c2=O)n1. The van der Waals surface area contributed by atoms with Crippen molar-refractivity contribution in [3.8, 4) is 0 Å². The van der Waals surface area contributed by atoms with Gasteiger partial charge in [0, 0.05) is 35.3 Å². The van der Waals surface area contributed by atoms with Gasteiger partial charge in [0.1, 0.15) is 6.61 Å². The number of pyridine rings is 1. The zero-order chi connectivity index (χ0) is 18.5. The van der Waals surface area contributed by atoms with E-state index in [4.69, 9.17) is 9.26 Å². The molecule has 1 aromatic carbocycles. The summed E-state index contributed by atoms with van der Waals surface area (Å²) in [7, 11) is 1.59. The number of aryl methyl sites for hydroxylation is 1. The quantitative estimate of drug-likeness (QED) is 0.644. The number of aromatic nitrogens is 3. The van der Waals surface area contributed by atoms with Crippen molar-refractivity contribution in [2.24, 2.45) is 0 Å². The first-order chi connectivity index (χ1) is 12.6. The number of nitrogens with zero attached hydrogens (tertiary/aromatic N) is 2. The second kappa shape index (κ2) is 8.25. The number of nitrogens with one attached hydrogen (secondary N) is 2. The van der Waals surface area contributed by atoms with Gasteiger partial charge < -0.3 is 19.6 Å².